The molecule has 0 aromatic heterocycles. The number of nitrogens with two attached hydrogens (primary N) is 1. The molecule has 0 fully saturated rings. The molecule has 1 aromatic carbocycles. The van der Waals surface area contributed by atoms with Crippen molar-refractivity contribution in [2.45, 2.75) is 38.6 Å². The molecule has 0 saturated carbocycles. The number of hydrogen-bond donors (Lipinski definition) is 1. The summed E-state index contributed by atoms with van der Waals surface area (Å²) in [5, 5.41) is 0. The molecule has 90 valence electrons. The van der Waals surface area contributed by atoms with Gasteiger partial charge in [0.1, 0.15) is 0 Å². The van der Waals surface area contributed by atoms with Crippen molar-refractivity contribution >= 4 is 5.78 Å². The Kier molecular flexibility index (Phi) is 4.10. The summed E-state index contributed by atoms with van der Waals surface area (Å²) in [4.78, 5) is 12.3. The second-order valence-corrected chi connectivity index (χ2v) is 4.56. The zero-order valence-corrected chi connectivity index (χ0v) is 10.1. The Balaban J connectivity index is 2.15. The fraction of sp³-hybridized carbons (Fsp3) is 0.400. The minimum absolute atomic E-state index is 0.190. The van der Waals surface area contributed by atoms with Gasteiger partial charge in [-0.15, -0.1) is 0 Å². The monoisotopic (exact) mass is 229 g/mol. The highest BCUT2D eigenvalue weighted by molar-refractivity contribution is 6.08. The van der Waals surface area contributed by atoms with Crippen molar-refractivity contribution < 1.29 is 4.79 Å². The average Bonchev–Trinajstić information content (AvgIpc) is 2.67. The number of rotatable bonds is 3. The van der Waals surface area contributed by atoms with Crippen LogP contribution in [0, 0.1) is 0 Å². The van der Waals surface area contributed by atoms with Gasteiger partial charge < -0.3 is 5.73 Å². The molecular formula is C15H19NO. The Morgan fingerprint density at radius 2 is 1.88 bits per heavy atom. The highest BCUT2D eigenvalue weighted by Crippen LogP contribution is 2.21. The maximum Gasteiger partial charge on any atom is 0.188 e. The van der Waals surface area contributed by atoms with Crippen molar-refractivity contribution in [3.8, 4) is 0 Å². The first kappa shape index (κ1) is 12.1. The molecule has 0 bridgehead atoms. The predicted molar refractivity (Wildman–Crippen MR) is 69.8 cm³/mol. The SMILES string of the molecule is NCc1ccc(C(=O)C2=CCCCCC2)cc1. The summed E-state index contributed by atoms with van der Waals surface area (Å²) < 4.78 is 0. The average molecular weight is 229 g/mol. The van der Waals surface area contributed by atoms with Gasteiger partial charge in [-0.1, -0.05) is 36.8 Å². The molecule has 0 heterocycles. The van der Waals surface area contributed by atoms with Crippen molar-refractivity contribution in [3.63, 3.8) is 0 Å². The topological polar surface area (TPSA) is 43.1 Å². The zero-order valence-electron chi connectivity index (χ0n) is 10.1. The lowest BCUT2D eigenvalue weighted by Gasteiger charge is -2.05. The van der Waals surface area contributed by atoms with Crippen LogP contribution in [0.3, 0.4) is 0 Å². The largest absolute Gasteiger partial charge is 0.326 e. The molecule has 0 radical (unpaired) electrons. The van der Waals surface area contributed by atoms with Crippen molar-refractivity contribution in [1.29, 1.82) is 0 Å². The van der Waals surface area contributed by atoms with E-state index in [1.807, 2.05) is 24.3 Å². The highest BCUT2D eigenvalue weighted by Gasteiger charge is 2.13. The maximum atomic E-state index is 12.3. The van der Waals surface area contributed by atoms with Crippen LogP contribution in [0.1, 0.15) is 48.0 Å². The van der Waals surface area contributed by atoms with E-state index in [1.165, 1.54) is 12.8 Å². The number of ketones is 1. The van der Waals surface area contributed by atoms with Crippen LogP contribution < -0.4 is 5.73 Å². The summed E-state index contributed by atoms with van der Waals surface area (Å²) in [6.45, 7) is 0.525. The lowest BCUT2D eigenvalue weighted by Crippen LogP contribution is -2.04. The maximum absolute atomic E-state index is 12.3. The normalized spacial score (nSPS) is 16.2. The quantitative estimate of drug-likeness (QED) is 0.809. The third-order valence-corrected chi connectivity index (χ3v) is 3.28. The standard InChI is InChI=1S/C15H19NO/c16-11-12-7-9-14(10-8-12)15(17)13-5-3-1-2-4-6-13/h5,7-10H,1-4,6,11,16H2. The molecule has 1 aromatic rings. The van der Waals surface area contributed by atoms with Crippen LogP contribution >= 0.6 is 0 Å². The van der Waals surface area contributed by atoms with Gasteiger partial charge in [0.05, 0.1) is 0 Å². The Morgan fingerprint density at radius 3 is 2.59 bits per heavy atom. The zero-order chi connectivity index (χ0) is 12.1. The number of carbonyl (C=O) groups excluding carboxylic acids is 1. The molecule has 2 N–H and O–H groups in total. The summed E-state index contributed by atoms with van der Waals surface area (Å²) in [6, 6.07) is 7.64. The summed E-state index contributed by atoms with van der Waals surface area (Å²) >= 11 is 0. The fourth-order valence-corrected chi connectivity index (χ4v) is 2.20. The van der Waals surface area contributed by atoms with Crippen LogP contribution in [0.15, 0.2) is 35.9 Å². The van der Waals surface area contributed by atoms with Gasteiger partial charge in [-0.2, -0.15) is 0 Å². The second-order valence-electron chi connectivity index (χ2n) is 4.56. The van der Waals surface area contributed by atoms with E-state index < -0.39 is 0 Å². The molecule has 17 heavy (non-hydrogen) atoms. The van der Waals surface area contributed by atoms with Crippen molar-refractivity contribution in [2.75, 3.05) is 0 Å². The lowest BCUT2D eigenvalue weighted by atomic mass is 9.99. The number of Topliss-reactive ketones (excluding diaryl/α,β-unsaturated/α-hetero) is 1. The lowest BCUT2D eigenvalue weighted by molar-refractivity contribution is 0.103. The summed E-state index contributed by atoms with van der Waals surface area (Å²) in [5.41, 5.74) is 8.39. The van der Waals surface area contributed by atoms with E-state index in [4.69, 9.17) is 5.73 Å². The molecule has 1 aliphatic carbocycles. The second kappa shape index (κ2) is 5.78. The Labute approximate surface area is 103 Å². The Morgan fingerprint density at radius 1 is 1.12 bits per heavy atom. The molecule has 1 aliphatic rings. The van der Waals surface area contributed by atoms with Crippen LogP contribution in [-0.2, 0) is 6.54 Å². The van der Waals surface area contributed by atoms with Crippen LogP contribution in [0.5, 0.6) is 0 Å². The van der Waals surface area contributed by atoms with E-state index in [0.717, 1.165) is 36.0 Å². The van der Waals surface area contributed by atoms with E-state index >= 15 is 0 Å². The molecule has 0 atom stereocenters. The van der Waals surface area contributed by atoms with Gasteiger partial charge in [-0.3, -0.25) is 4.79 Å². The number of allylic oxidation sites excluding steroid dienone is 2. The van der Waals surface area contributed by atoms with E-state index in [2.05, 4.69) is 6.08 Å². The van der Waals surface area contributed by atoms with Crippen molar-refractivity contribution in [3.05, 3.63) is 47.0 Å². The summed E-state index contributed by atoms with van der Waals surface area (Å²) in [7, 11) is 0. The van der Waals surface area contributed by atoms with Gasteiger partial charge in [-0.05, 0) is 36.8 Å². The van der Waals surface area contributed by atoms with Gasteiger partial charge in [0.15, 0.2) is 5.78 Å². The first-order valence-corrected chi connectivity index (χ1v) is 6.34. The van der Waals surface area contributed by atoms with E-state index in [0.29, 0.717) is 6.54 Å². The number of carbonyl (C=O) groups is 1. The summed E-state index contributed by atoms with van der Waals surface area (Å²) in [6.07, 6.45) is 7.67. The molecule has 2 rings (SSSR count). The molecule has 0 amide bonds. The number of benzene rings is 1. The summed E-state index contributed by atoms with van der Waals surface area (Å²) in [5.74, 6) is 0.190. The van der Waals surface area contributed by atoms with E-state index in [9.17, 15) is 4.79 Å². The third kappa shape index (κ3) is 3.04. The van der Waals surface area contributed by atoms with Gasteiger partial charge >= 0.3 is 0 Å². The van der Waals surface area contributed by atoms with Gasteiger partial charge in [0, 0.05) is 12.1 Å². The predicted octanol–water partition coefficient (Wildman–Crippen LogP) is 3.22. The third-order valence-electron chi connectivity index (χ3n) is 3.28. The Hall–Kier alpha value is -1.41. The molecule has 0 aliphatic heterocycles. The molecule has 2 nitrogen and oxygen atoms in total. The minimum Gasteiger partial charge on any atom is -0.326 e. The molecular weight excluding hydrogens is 210 g/mol. The first-order chi connectivity index (χ1) is 8.31. The van der Waals surface area contributed by atoms with Crippen LogP contribution in [0.2, 0.25) is 0 Å². The van der Waals surface area contributed by atoms with E-state index in [-0.39, 0.29) is 5.78 Å². The van der Waals surface area contributed by atoms with Gasteiger partial charge in [-0.25, -0.2) is 0 Å². The smallest absolute Gasteiger partial charge is 0.188 e. The van der Waals surface area contributed by atoms with Gasteiger partial charge in [0.2, 0.25) is 0 Å². The first-order valence-electron chi connectivity index (χ1n) is 6.34. The number of hydrogen-bond acceptors (Lipinski definition) is 2. The van der Waals surface area contributed by atoms with Crippen LogP contribution in [0.4, 0.5) is 0 Å². The highest BCUT2D eigenvalue weighted by atomic mass is 16.1. The molecule has 0 spiro atoms. The van der Waals surface area contributed by atoms with Gasteiger partial charge in [0.25, 0.3) is 0 Å². The fourth-order valence-electron chi connectivity index (χ4n) is 2.20. The van der Waals surface area contributed by atoms with Crippen molar-refractivity contribution in [2.24, 2.45) is 5.73 Å². The van der Waals surface area contributed by atoms with Crippen LogP contribution in [0.25, 0.3) is 0 Å². The van der Waals surface area contributed by atoms with E-state index in [1.54, 1.807) is 0 Å². The molecule has 0 unspecified atom stereocenters. The van der Waals surface area contributed by atoms with Crippen LogP contribution in [-0.4, -0.2) is 5.78 Å². The Bertz CT molecular complexity index is 417. The molecule has 2 heteroatoms. The molecule has 0 saturated heterocycles. The minimum atomic E-state index is 0.190. The van der Waals surface area contributed by atoms with Crippen molar-refractivity contribution in [1.82, 2.24) is 0 Å².